The van der Waals surface area contributed by atoms with Gasteiger partial charge in [0.25, 0.3) is 0 Å². The molecule has 1 aliphatic heterocycles. The van der Waals surface area contributed by atoms with Crippen LogP contribution < -0.4 is 5.32 Å². The second-order valence-corrected chi connectivity index (χ2v) is 5.39. The molecule has 1 N–H and O–H groups in total. The number of nitrogens with one attached hydrogen (secondary N) is 1. The van der Waals surface area contributed by atoms with Crippen LogP contribution >= 0.6 is 0 Å². The van der Waals surface area contributed by atoms with Crippen LogP contribution in [0.1, 0.15) is 43.4 Å². The van der Waals surface area contributed by atoms with E-state index in [0.29, 0.717) is 11.5 Å². The van der Waals surface area contributed by atoms with Gasteiger partial charge in [0, 0.05) is 19.3 Å². The lowest BCUT2D eigenvalue weighted by Crippen LogP contribution is -2.32. The Hall–Kier alpha value is -0.930. The van der Waals surface area contributed by atoms with Crippen molar-refractivity contribution in [1.82, 2.24) is 5.32 Å². The van der Waals surface area contributed by atoms with Crippen LogP contribution in [0.25, 0.3) is 0 Å². The van der Waals surface area contributed by atoms with Gasteiger partial charge >= 0.3 is 0 Å². The Morgan fingerprint density at radius 3 is 2.74 bits per heavy atom. The molecule has 0 aliphatic carbocycles. The fraction of sp³-hybridized carbons (Fsp3) is 0.625. The van der Waals surface area contributed by atoms with E-state index >= 15 is 0 Å². The van der Waals surface area contributed by atoms with Gasteiger partial charge in [-0.1, -0.05) is 19.1 Å². The van der Waals surface area contributed by atoms with E-state index in [4.69, 9.17) is 4.74 Å². The number of hydrogen-bond acceptors (Lipinski definition) is 2. The summed E-state index contributed by atoms with van der Waals surface area (Å²) in [5.41, 5.74) is 1.79. The van der Waals surface area contributed by atoms with E-state index in [-0.39, 0.29) is 11.9 Å². The van der Waals surface area contributed by atoms with Crippen LogP contribution in [0, 0.1) is 18.7 Å². The fourth-order valence-corrected chi connectivity index (χ4v) is 2.71. The van der Waals surface area contributed by atoms with Crippen LogP contribution in [-0.2, 0) is 4.74 Å². The smallest absolute Gasteiger partial charge is 0.126 e. The molecule has 1 heterocycles. The number of benzene rings is 1. The van der Waals surface area contributed by atoms with E-state index < -0.39 is 0 Å². The van der Waals surface area contributed by atoms with Crippen molar-refractivity contribution in [2.24, 2.45) is 5.92 Å². The number of aryl methyl sites for hydroxylation is 1. The molecule has 3 heteroatoms. The molecule has 0 saturated carbocycles. The van der Waals surface area contributed by atoms with Crippen molar-refractivity contribution >= 4 is 0 Å². The monoisotopic (exact) mass is 265 g/mol. The first-order valence-electron chi connectivity index (χ1n) is 7.29. The first-order valence-corrected chi connectivity index (χ1v) is 7.29. The predicted molar refractivity (Wildman–Crippen MR) is 75.7 cm³/mol. The van der Waals surface area contributed by atoms with Crippen molar-refractivity contribution in [2.45, 2.75) is 39.2 Å². The van der Waals surface area contributed by atoms with Gasteiger partial charge in [-0.2, -0.15) is 0 Å². The SMILES string of the molecule is CCCNC(c1ccc(C)c(F)c1)C1CCOCC1. The van der Waals surface area contributed by atoms with Gasteiger partial charge in [0.15, 0.2) is 0 Å². The Kier molecular flexibility index (Phi) is 5.34. The number of rotatable bonds is 5. The van der Waals surface area contributed by atoms with Crippen molar-refractivity contribution in [3.8, 4) is 0 Å². The third kappa shape index (κ3) is 3.77. The lowest BCUT2D eigenvalue weighted by Gasteiger charge is -2.31. The zero-order valence-corrected chi connectivity index (χ0v) is 11.9. The second-order valence-electron chi connectivity index (χ2n) is 5.39. The highest BCUT2D eigenvalue weighted by Gasteiger charge is 2.25. The number of hydrogen-bond donors (Lipinski definition) is 1. The summed E-state index contributed by atoms with van der Waals surface area (Å²) in [6.45, 7) is 6.58. The molecule has 19 heavy (non-hydrogen) atoms. The van der Waals surface area contributed by atoms with Gasteiger partial charge in [-0.3, -0.25) is 0 Å². The molecular formula is C16H24FNO. The normalized spacial score (nSPS) is 18.5. The van der Waals surface area contributed by atoms with Gasteiger partial charge in [0.2, 0.25) is 0 Å². The van der Waals surface area contributed by atoms with E-state index in [9.17, 15) is 4.39 Å². The van der Waals surface area contributed by atoms with Crippen molar-refractivity contribution in [3.05, 3.63) is 35.1 Å². The Bertz CT molecular complexity index is 402. The maximum absolute atomic E-state index is 13.8. The van der Waals surface area contributed by atoms with Crippen LogP contribution in [0.2, 0.25) is 0 Å². The highest BCUT2D eigenvalue weighted by molar-refractivity contribution is 5.26. The molecule has 106 valence electrons. The Labute approximate surface area is 115 Å². The zero-order valence-electron chi connectivity index (χ0n) is 11.9. The van der Waals surface area contributed by atoms with E-state index in [1.54, 1.807) is 6.07 Å². The second kappa shape index (κ2) is 7.01. The molecule has 0 radical (unpaired) electrons. The molecule has 1 atom stereocenters. The highest BCUT2D eigenvalue weighted by atomic mass is 19.1. The molecule has 0 spiro atoms. The van der Waals surface area contributed by atoms with Crippen LogP contribution in [0.15, 0.2) is 18.2 Å². The molecule has 0 bridgehead atoms. The molecule has 2 nitrogen and oxygen atoms in total. The summed E-state index contributed by atoms with van der Waals surface area (Å²) in [5.74, 6) is 0.440. The van der Waals surface area contributed by atoms with Gasteiger partial charge < -0.3 is 10.1 Å². The Morgan fingerprint density at radius 2 is 2.11 bits per heavy atom. The molecule has 1 aromatic rings. The zero-order chi connectivity index (χ0) is 13.7. The maximum Gasteiger partial charge on any atom is 0.126 e. The fourth-order valence-electron chi connectivity index (χ4n) is 2.71. The molecular weight excluding hydrogens is 241 g/mol. The lowest BCUT2D eigenvalue weighted by atomic mass is 9.86. The van der Waals surface area contributed by atoms with Crippen LogP contribution in [0.3, 0.4) is 0 Å². The van der Waals surface area contributed by atoms with Gasteiger partial charge in [0.05, 0.1) is 0 Å². The summed E-state index contributed by atoms with van der Waals surface area (Å²) < 4.78 is 19.2. The van der Waals surface area contributed by atoms with Crippen molar-refractivity contribution < 1.29 is 9.13 Å². The van der Waals surface area contributed by atoms with E-state index in [0.717, 1.165) is 44.6 Å². The third-order valence-corrected chi connectivity index (χ3v) is 3.91. The van der Waals surface area contributed by atoms with Crippen molar-refractivity contribution in [1.29, 1.82) is 0 Å². The Morgan fingerprint density at radius 1 is 1.37 bits per heavy atom. The average Bonchev–Trinajstić information content (AvgIpc) is 2.44. The number of ether oxygens (including phenoxy) is 1. The molecule has 2 rings (SSSR count). The van der Waals surface area contributed by atoms with Crippen LogP contribution in [0.5, 0.6) is 0 Å². The molecule has 1 fully saturated rings. The van der Waals surface area contributed by atoms with E-state index in [1.807, 2.05) is 13.0 Å². The topological polar surface area (TPSA) is 21.3 Å². The van der Waals surface area contributed by atoms with Crippen LogP contribution in [0.4, 0.5) is 4.39 Å². The maximum atomic E-state index is 13.8. The minimum atomic E-state index is -0.104. The Balaban J connectivity index is 2.17. The summed E-state index contributed by atoms with van der Waals surface area (Å²) in [5, 5.41) is 3.58. The molecule has 1 saturated heterocycles. The lowest BCUT2D eigenvalue weighted by molar-refractivity contribution is 0.0536. The summed E-state index contributed by atoms with van der Waals surface area (Å²) >= 11 is 0. The summed E-state index contributed by atoms with van der Waals surface area (Å²) in [6, 6.07) is 5.88. The van der Waals surface area contributed by atoms with Gasteiger partial charge in [0.1, 0.15) is 5.82 Å². The molecule has 0 amide bonds. The van der Waals surface area contributed by atoms with E-state index in [2.05, 4.69) is 18.3 Å². The standard InChI is InChI=1S/C16H24FNO/c1-3-8-18-16(13-6-9-19-10-7-13)14-5-4-12(2)15(17)11-14/h4-5,11,13,16,18H,3,6-10H2,1-2H3. The van der Waals surface area contributed by atoms with Crippen molar-refractivity contribution in [2.75, 3.05) is 19.8 Å². The van der Waals surface area contributed by atoms with E-state index in [1.165, 1.54) is 0 Å². The first kappa shape index (κ1) is 14.5. The number of halogens is 1. The van der Waals surface area contributed by atoms with Crippen LogP contribution in [-0.4, -0.2) is 19.8 Å². The molecule has 1 aromatic carbocycles. The average molecular weight is 265 g/mol. The summed E-state index contributed by atoms with van der Waals surface area (Å²) in [7, 11) is 0. The highest BCUT2D eigenvalue weighted by Crippen LogP contribution is 2.30. The largest absolute Gasteiger partial charge is 0.381 e. The predicted octanol–water partition coefficient (Wildman–Crippen LogP) is 3.60. The minimum absolute atomic E-state index is 0.104. The summed E-state index contributed by atoms with van der Waals surface area (Å²) in [6.07, 6.45) is 3.20. The quantitative estimate of drug-likeness (QED) is 0.878. The first-order chi connectivity index (χ1) is 9.22. The minimum Gasteiger partial charge on any atom is -0.381 e. The van der Waals surface area contributed by atoms with Gasteiger partial charge in [-0.05, 0) is 55.8 Å². The van der Waals surface area contributed by atoms with Gasteiger partial charge in [-0.25, -0.2) is 4.39 Å². The van der Waals surface area contributed by atoms with Crippen molar-refractivity contribution in [3.63, 3.8) is 0 Å². The molecule has 0 aromatic heterocycles. The summed E-state index contributed by atoms with van der Waals surface area (Å²) in [4.78, 5) is 0. The van der Waals surface area contributed by atoms with Gasteiger partial charge in [-0.15, -0.1) is 0 Å². The third-order valence-electron chi connectivity index (χ3n) is 3.91. The molecule has 1 aliphatic rings. The molecule has 1 unspecified atom stereocenters.